The third-order valence-corrected chi connectivity index (χ3v) is 4.34. The molecule has 0 aromatic heterocycles. The lowest BCUT2D eigenvalue weighted by Crippen LogP contribution is -2.46. The van der Waals surface area contributed by atoms with Crippen molar-refractivity contribution in [2.45, 2.75) is 32.4 Å². The Morgan fingerprint density at radius 1 is 1.60 bits per heavy atom. The first-order valence-electron chi connectivity index (χ1n) is 5.09. The van der Waals surface area contributed by atoms with Crippen LogP contribution in [0.2, 0.25) is 0 Å². The van der Waals surface area contributed by atoms with Crippen LogP contribution in [-0.2, 0) is 9.73 Å². The molecule has 1 saturated heterocycles. The van der Waals surface area contributed by atoms with E-state index in [4.69, 9.17) is 4.78 Å². The van der Waals surface area contributed by atoms with E-state index < -0.39 is 9.73 Å². The largest absolute Gasteiger partial charge is 0.336 e. The summed E-state index contributed by atoms with van der Waals surface area (Å²) in [5.41, 5.74) is 0. The fourth-order valence-electron chi connectivity index (χ4n) is 1.62. The van der Waals surface area contributed by atoms with Crippen molar-refractivity contribution in [3.63, 3.8) is 0 Å². The molecule has 1 rings (SSSR count). The number of amides is 2. The van der Waals surface area contributed by atoms with Crippen LogP contribution in [0, 0.1) is 4.78 Å². The summed E-state index contributed by atoms with van der Waals surface area (Å²) in [6.45, 7) is 3.79. The van der Waals surface area contributed by atoms with E-state index in [1.807, 2.05) is 13.8 Å². The number of hydrogen-bond acceptors (Lipinski definition) is 3. The summed E-state index contributed by atoms with van der Waals surface area (Å²) in [6, 6.07) is -0.0949. The Bertz CT molecular complexity index is 337. The molecule has 2 unspecified atom stereocenters. The first kappa shape index (κ1) is 12.3. The zero-order valence-corrected chi connectivity index (χ0v) is 10.3. The number of nitrogens with zero attached hydrogens (tertiary/aromatic N) is 1. The van der Waals surface area contributed by atoms with E-state index >= 15 is 0 Å². The SMILES string of the molecule is CC(C)NC(=O)N(C)C1CCS(=N)(=O)C1. The number of rotatable bonds is 2. The number of hydrogen-bond donors (Lipinski definition) is 2. The van der Waals surface area contributed by atoms with Gasteiger partial charge in [-0.1, -0.05) is 0 Å². The van der Waals surface area contributed by atoms with Crippen molar-refractivity contribution >= 4 is 15.8 Å². The van der Waals surface area contributed by atoms with Gasteiger partial charge in [0.2, 0.25) is 0 Å². The summed E-state index contributed by atoms with van der Waals surface area (Å²) < 4.78 is 18.9. The standard InChI is InChI=1S/C9H19N3O2S/c1-7(2)11-9(13)12(3)8-4-5-15(10,14)6-8/h7-8,10H,4-6H2,1-3H3,(H,11,13). The molecule has 88 valence electrons. The van der Waals surface area contributed by atoms with E-state index in [1.54, 1.807) is 11.9 Å². The maximum atomic E-state index is 11.6. The lowest BCUT2D eigenvalue weighted by Gasteiger charge is -2.25. The van der Waals surface area contributed by atoms with Crippen molar-refractivity contribution in [1.29, 1.82) is 4.78 Å². The van der Waals surface area contributed by atoms with Crippen molar-refractivity contribution in [3.8, 4) is 0 Å². The molecule has 5 nitrogen and oxygen atoms in total. The van der Waals surface area contributed by atoms with Crippen LogP contribution in [0.4, 0.5) is 4.79 Å². The van der Waals surface area contributed by atoms with Crippen molar-refractivity contribution in [3.05, 3.63) is 0 Å². The number of urea groups is 1. The number of nitrogens with one attached hydrogen (secondary N) is 2. The minimum Gasteiger partial charge on any atom is -0.336 e. The molecule has 1 aliphatic heterocycles. The van der Waals surface area contributed by atoms with Gasteiger partial charge in [0.1, 0.15) is 0 Å². The van der Waals surface area contributed by atoms with Crippen LogP contribution in [0.1, 0.15) is 20.3 Å². The Kier molecular flexibility index (Phi) is 3.59. The maximum Gasteiger partial charge on any atom is 0.317 e. The van der Waals surface area contributed by atoms with Gasteiger partial charge < -0.3 is 10.2 Å². The maximum absolute atomic E-state index is 11.6. The van der Waals surface area contributed by atoms with E-state index in [9.17, 15) is 9.00 Å². The fraction of sp³-hybridized carbons (Fsp3) is 0.889. The van der Waals surface area contributed by atoms with E-state index in [0.717, 1.165) is 0 Å². The van der Waals surface area contributed by atoms with Gasteiger partial charge in [-0.05, 0) is 20.3 Å². The van der Waals surface area contributed by atoms with Crippen molar-refractivity contribution < 1.29 is 9.00 Å². The van der Waals surface area contributed by atoms with Gasteiger partial charge in [0, 0.05) is 34.6 Å². The second-order valence-electron chi connectivity index (χ2n) is 4.34. The highest BCUT2D eigenvalue weighted by Gasteiger charge is 2.30. The predicted molar refractivity (Wildman–Crippen MR) is 60.4 cm³/mol. The second-order valence-corrected chi connectivity index (χ2v) is 6.71. The highest BCUT2D eigenvalue weighted by molar-refractivity contribution is 7.92. The first-order valence-corrected chi connectivity index (χ1v) is 6.99. The topological polar surface area (TPSA) is 73.3 Å². The molecular formula is C9H19N3O2S. The molecule has 2 atom stereocenters. The smallest absolute Gasteiger partial charge is 0.317 e. The van der Waals surface area contributed by atoms with E-state index in [-0.39, 0.29) is 18.1 Å². The van der Waals surface area contributed by atoms with Crippen molar-refractivity contribution in [1.82, 2.24) is 10.2 Å². The quantitative estimate of drug-likeness (QED) is 0.742. The van der Waals surface area contributed by atoms with E-state index in [2.05, 4.69) is 5.32 Å². The molecule has 0 radical (unpaired) electrons. The summed E-state index contributed by atoms with van der Waals surface area (Å²) in [7, 11) is -0.727. The molecule has 0 aromatic carbocycles. The summed E-state index contributed by atoms with van der Waals surface area (Å²) >= 11 is 0. The van der Waals surface area contributed by atoms with Crippen LogP contribution in [0.25, 0.3) is 0 Å². The molecule has 2 amide bonds. The second kappa shape index (κ2) is 4.38. The first-order chi connectivity index (χ1) is 6.82. The van der Waals surface area contributed by atoms with Gasteiger partial charge in [0.05, 0.1) is 5.75 Å². The molecule has 1 aliphatic rings. The normalized spacial score (nSPS) is 30.5. The van der Waals surface area contributed by atoms with Gasteiger partial charge in [-0.25, -0.2) is 9.00 Å². The van der Waals surface area contributed by atoms with Gasteiger partial charge in [-0.15, -0.1) is 0 Å². The number of carbonyl (C=O) groups excluding carboxylic acids is 1. The van der Waals surface area contributed by atoms with Crippen LogP contribution in [0.15, 0.2) is 0 Å². The van der Waals surface area contributed by atoms with Crippen LogP contribution < -0.4 is 5.32 Å². The molecule has 0 aliphatic carbocycles. The monoisotopic (exact) mass is 233 g/mol. The summed E-state index contributed by atoms with van der Waals surface area (Å²) in [5, 5.41) is 2.78. The Labute approximate surface area is 91.2 Å². The molecule has 0 spiro atoms. The van der Waals surface area contributed by atoms with Gasteiger partial charge in [-0.3, -0.25) is 4.78 Å². The molecule has 1 fully saturated rings. The van der Waals surface area contributed by atoms with Crippen LogP contribution >= 0.6 is 0 Å². The zero-order valence-electron chi connectivity index (χ0n) is 9.45. The highest BCUT2D eigenvalue weighted by atomic mass is 32.2. The molecule has 0 saturated carbocycles. The minimum atomic E-state index is -2.42. The van der Waals surface area contributed by atoms with Gasteiger partial charge in [0.15, 0.2) is 0 Å². The molecule has 6 heteroatoms. The molecular weight excluding hydrogens is 214 g/mol. The average Bonchev–Trinajstić information content (AvgIpc) is 2.43. The fourth-order valence-corrected chi connectivity index (χ4v) is 3.46. The van der Waals surface area contributed by atoms with Gasteiger partial charge >= 0.3 is 6.03 Å². The zero-order chi connectivity index (χ0) is 11.6. The average molecular weight is 233 g/mol. The van der Waals surface area contributed by atoms with E-state index in [1.165, 1.54) is 0 Å². The molecule has 0 bridgehead atoms. The Morgan fingerprint density at radius 3 is 2.60 bits per heavy atom. The van der Waals surface area contributed by atoms with Crippen LogP contribution in [-0.4, -0.2) is 45.8 Å². The third-order valence-electron chi connectivity index (χ3n) is 2.52. The molecule has 15 heavy (non-hydrogen) atoms. The van der Waals surface area contributed by atoms with Crippen molar-refractivity contribution in [2.24, 2.45) is 0 Å². The van der Waals surface area contributed by atoms with Crippen LogP contribution in [0.5, 0.6) is 0 Å². The Hall–Kier alpha value is -0.780. The predicted octanol–water partition coefficient (Wildman–Crippen LogP) is 0.855. The molecule has 1 heterocycles. The van der Waals surface area contributed by atoms with Gasteiger partial charge in [0.25, 0.3) is 0 Å². The molecule has 0 aromatic rings. The summed E-state index contributed by atoms with van der Waals surface area (Å²) in [4.78, 5) is 13.2. The summed E-state index contributed by atoms with van der Waals surface area (Å²) in [6.07, 6.45) is 0.671. The third kappa shape index (κ3) is 3.37. The van der Waals surface area contributed by atoms with Gasteiger partial charge in [-0.2, -0.15) is 0 Å². The minimum absolute atomic E-state index is 0.0475. The van der Waals surface area contributed by atoms with E-state index in [0.29, 0.717) is 17.9 Å². The lowest BCUT2D eigenvalue weighted by molar-refractivity contribution is 0.192. The Morgan fingerprint density at radius 2 is 2.20 bits per heavy atom. The van der Waals surface area contributed by atoms with Crippen LogP contribution in [0.3, 0.4) is 0 Å². The highest BCUT2D eigenvalue weighted by Crippen LogP contribution is 2.17. The Balaban J connectivity index is 2.55. The van der Waals surface area contributed by atoms with Crippen molar-refractivity contribution in [2.75, 3.05) is 18.6 Å². The summed E-state index contributed by atoms with van der Waals surface area (Å²) in [5.74, 6) is 0.728. The molecule has 2 N–H and O–H groups in total. The lowest BCUT2D eigenvalue weighted by atomic mass is 10.2. The number of carbonyl (C=O) groups is 1.